The minimum absolute atomic E-state index is 0.206. The van der Waals surface area contributed by atoms with Crippen LogP contribution in [-0.2, 0) is 9.53 Å². The number of halogens is 1. The van der Waals surface area contributed by atoms with Crippen molar-refractivity contribution >= 4 is 17.6 Å². The zero-order chi connectivity index (χ0) is 12.2. The quantitative estimate of drug-likeness (QED) is 0.320. The summed E-state index contributed by atoms with van der Waals surface area (Å²) < 4.78 is 4.97. The largest absolute Gasteiger partial charge is 0.446 e. The van der Waals surface area contributed by atoms with Crippen molar-refractivity contribution in [3.63, 3.8) is 0 Å². The molecular weight excluding hydrogens is 224 g/mol. The van der Waals surface area contributed by atoms with Crippen molar-refractivity contribution < 1.29 is 9.53 Å². The molecule has 0 amide bonds. The molecule has 0 aliphatic carbocycles. The number of hydrogen-bond donors (Lipinski definition) is 0. The summed E-state index contributed by atoms with van der Waals surface area (Å²) in [6.45, 7) is 4.00. The second kappa shape index (κ2) is 11.3. The van der Waals surface area contributed by atoms with Crippen molar-refractivity contribution in [3.05, 3.63) is 0 Å². The predicted octanol–water partition coefficient (Wildman–Crippen LogP) is 4.65. The second-order valence-corrected chi connectivity index (χ2v) is 4.65. The van der Waals surface area contributed by atoms with Gasteiger partial charge in [-0.15, -0.1) is 0 Å². The van der Waals surface area contributed by atoms with Crippen molar-refractivity contribution in [2.45, 2.75) is 77.2 Å². The van der Waals surface area contributed by atoms with Crippen LogP contribution in [-0.4, -0.2) is 11.5 Å². The summed E-state index contributed by atoms with van der Waals surface area (Å²) in [6.07, 6.45) is 9.98. The Morgan fingerprint density at radius 1 is 1.06 bits per heavy atom. The third kappa shape index (κ3) is 10.3. The van der Waals surface area contributed by atoms with Crippen LogP contribution in [0.1, 0.15) is 71.6 Å². The Kier molecular flexibility index (Phi) is 11.1. The lowest BCUT2D eigenvalue weighted by Gasteiger charge is -2.10. The van der Waals surface area contributed by atoms with Gasteiger partial charge in [-0.2, -0.15) is 0 Å². The van der Waals surface area contributed by atoms with E-state index in [2.05, 4.69) is 6.92 Å². The average Bonchev–Trinajstić information content (AvgIpc) is 2.27. The molecule has 0 aromatic heterocycles. The minimum Gasteiger partial charge on any atom is -0.446 e. The molecule has 0 heterocycles. The highest BCUT2D eigenvalue weighted by Gasteiger charge is 2.08. The number of esters is 1. The monoisotopic (exact) mass is 248 g/mol. The van der Waals surface area contributed by atoms with Gasteiger partial charge in [0.1, 0.15) is 0 Å². The van der Waals surface area contributed by atoms with E-state index >= 15 is 0 Å². The zero-order valence-corrected chi connectivity index (χ0v) is 11.4. The van der Waals surface area contributed by atoms with Crippen LogP contribution in [0, 0.1) is 0 Å². The summed E-state index contributed by atoms with van der Waals surface area (Å²) >= 11 is 5.87. The van der Waals surface area contributed by atoms with Gasteiger partial charge in [0, 0.05) is 6.42 Å². The summed E-state index contributed by atoms with van der Waals surface area (Å²) in [5.74, 6) is -0.206. The van der Waals surface area contributed by atoms with Crippen LogP contribution >= 0.6 is 11.6 Å². The van der Waals surface area contributed by atoms with Gasteiger partial charge in [-0.05, 0) is 12.8 Å². The molecule has 0 aromatic carbocycles. The van der Waals surface area contributed by atoms with Crippen LogP contribution in [0.4, 0.5) is 0 Å². The Bertz CT molecular complexity index is 171. The van der Waals surface area contributed by atoms with Gasteiger partial charge in [0.05, 0.1) is 0 Å². The van der Waals surface area contributed by atoms with Gasteiger partial charge >= 0.3 is 5.97 Å². The van der Waals surface area contributed by atoms with Gasteiger partial charge in [0.15, 0.2) is 5.56 Å². The van der Waals surface area contributed by atoms with Gasteiger partial charge in [-0.1, -0.05) is 64.0 Å². The number of carbonyl (C=O) groups excluding carboxylic acids is 1. The molecule has 96 valence electrons. The van der Waals surface area contributed by atoms with Crippen LogP contribution in [0.15, 0.2) is 0 Å². The van der Waals surface area contributed by atoms with E-state index in [1.165, 1.54) is 38.5 Å². The maximum atomic E-state index is 10.9. The summed E-state index contributed by atoms with van der Waals surface area (Å²) in [5.41, 5.74) is -0.428. The molecular formula is C13H25ClO2. The number of rotatable bonds is 10. The van der Waals surface area contributed by atoms with E-state index < -0.39 is 5.56 Å². The zero-order valence-electron chi connectivity index (χ0n) is 10.6. The Balaban J connectivity index is 3.21. The van der Waals surface area contributed by atoms with Crippen LogP contribution < -0.4 is 0 Å². The van der Waals surface area contributed by atoms with E-state index in [9.17, 15) is 4.79 Å². The molecule has 0 saturated heterocycles. The molecule has 0 spiro atoms. The van der Waals surface area contributed by atoms with Crippen LogP contribution in [0.5, 0.6) is 0 Å². The van der Waals surface area contributed by atoms with Crippen molar-refractivity contribution in [1.82, 2.24) is 0 Å². The fourth-order valence-corrected chi connectivity index (χ4v) is 1.80. The minimum atomic E-state index is -0.428. The number of hydrogen-bond acceptors (Lipinski definition) is 2. The van der Waals surface area contributed by atoms with Gasteiger partial charge in [-0.3, -0.25) is 4.79 Å². The third-order valence-corrected chi connectivity index (χ3v) is 2.89. The first-order chi connectivity index (χ1) is 7.70. The Labute approximate surface area is 105 Å². The maximum Gasteiger partial charge on any atom is 0.306 e. The lowest BCUT2D eigenvalue weighted by molar-refractivity contribution is -0.145. The molecule has 2 nitrogen and oxygen atoms in total. The number of alkyl halides is 1. The maximum absolute atomic E-state index is 10.9. The predicted molar refractivity (Wildman–Crippen MR) is 68.6 cm³/mol. The van der Waals surface area contributed by atoms with Gasteiger partial charge in [0.25, 0.3) is 0 Å². The molecule has 1 unspecified atom stereocenters. The van der Waals surface area contributed by atoms with E-state index in [1.807, 2.05) is 0 Å². The van der Waals surface area contributed by atoms with Gasteiger partial charge < -0.3 is 4.74 Å². The van der Waals surface area contributed by atoms with Gasteiger partial charge in [0.2, 0.25) is 0 Å². The molecule has 1 atom stereocenters. The molecule has 0 bridgehead atoms. The standard InChI is InChI=1S/C13H25ClO2/c1-3-5-6-7-8-9-10-11-12(14)16-13(15)4-2/h12H,3-11H2,1-2H3. The SMILES string of the molecule is CCCCCCCCCC(Cl)OC(=O)CC. The smallest absolute Gasteiger partial charge is 0.306 e. The van der Waals surface area contributed by atoms with Crippen molar-refractivity contribution in [3.8, 4) is 0 Å². The highest BCUT2D eigenvalue weighted by atomic mass is 35.5. The summed E-state index contributed by atoms with van der Waals surface area (Å²) in [4.78, 5) is 10.9. The average molecular weight is 249 g/mol. The van der Waals surface area contributed by atoms with Gasteiger partial charge in [-0.25, -0.2) is 0 Å². The summed E-state index contributed by atoms with van der Waals surface area (Å²) in [6, 6.07) is 0. The Hall–Kier alpha value is -0.240. The molecule has 0 rings (SSSR count). The molecule has 0 saturated carbocycles. The molecule has 0 radical (unpaired) electrons. The molecule has 0 fully saturated rings. The molecule has 16 heavy (non-hydrogen) atoms. The van der Waals surface area contributed by atoms with Crippen LogP contribution in [0.25, 0.3) is 0 Å². The fraction of sp³-hybridized carbons (Fsp3) is 0.923. The highest BCUT2D eigenvalue weighted by molar-refractivity contribution is 6.20. The highest BCUT2D eigenvalue weighted by Crippen LogP contribution is 2.13. The Morgan fingerprint density at radius 2 is 1.62 bits per heavy atom. The van der Waals surface area contributed by atoms with E-state index in [4.69, 9.17) is 16.3 Å². The molecule has 0 aromatic rings. The fourth-order valence-electron chi connectivity index (χ4n) is 1.55. The molecule has 0 N–H and O–H groups in total. The van der Waals surface area contributed by atoms with E-state index in [0.29, 0.717) is 6.42 Å². The molecule has 0 aliphatic rings. The van der Waals surface area contributed by atoms with Crippen molar-refractivity contribution in [2.75, 3.05) is 0 Å². The number of unbranched alkanes of at least 4 members (excludes halogenated alkanes) is 6. The van der Waals surface area contributed by atoms with E-state index in [0.717, 1.165) is 12.8 Å². The third-order valence-electron chi connectivity index (χ3n) is 2.58. The normalized spacial score (nSPS) is 12.4. The first kappa shape index (κ1) is 15.8. The second-order valence-electron chi connectivity index (χ2n) is 4.16. The molecule has 0 aliphatic heterocycles. The van der Waals surface area contributed by atoms with E-state index in [1.54, 1.807) is 6.92 Å². The first-order valence-corrected chi connectivity index (χ1v) is 6.97. The topological polar surface area (TPSA) is 26.3 Å². The number of carbonyl (C=O) groups is 1. The van der Waals surface area contributed by atoms with Crippen molar-refractivity contribution in [2.24, 2.45) is 0 Å². The van der Waals surface area contributed by atoms with Crippen molar-refractivity contribution in [1.29, 1.82) is 0 Å². The lowest BCUT2D eigenvalue weighted by atomic mass is 10.1. The Morgan fingerprint density at radius 3 is 2.19 bits per heavy atom. The first-order valence-electron chi connectivity index (χ1n) is 6.54. The lowest BCUT2D eigenvalue weighted by Crippen LogP contribution is -2.11. The van der Waals surface area contributed by atoms with E-state index in [-0.39, 0.29) is 5.97 Å². The summed E-state index contributed by atoms with van der Waals surface area (Å²) in [7, 11) is 0. The molecule has 3 heteroatoms. The van der Waals surface area contributed by atoms with Crippen LogP contribution in [0.3, 0.4) is 0 Å². The summed E-state index contributed by atoms with van der Waals surface area (Å²) in [5, 5.41) is 0. The number of ether oxygens (including phenoxy) is 1. The van der Waals surface area contributed by atoms with Crippen LogP contribution in [0.2, 0.25) is 0 Å².